The van der Waals surface area contributed by atoms with Gasteiger partial charge >= 0.3 is 0 Å². The summed E-state index contributed by atoms with van der Waals surface area (Å²) < 4.78 is 0. The smallest absolute Gasteiger partial charge is 0.0468 e. The summed E-state index contributed by atoms with van der Waals surface area (Å²) in [5, 5.41) is 2.57. The van der Waals surface area contributed by atoms with Crippen LogP contribution in [0.4, 0.5) is 0 Å². The van der Waals surface area contributed by atoms with Crippen molar-refractivity contribution in [1.29, 1.82) is 0 Å². The molecule has 2 unspecified atom stereocenters. The standard InChI is InChI=1S/C16H22N2/c1-3-12(2)11-16(18-17)15-10-6-8-13-7-4-5-9-14(13)15/h4-10,12,16,18H,3,11,17H2,1-2H3. The fourth-order valence-electron chi connectivity index (χ4n) is 2.41. The van der Waals surface area contributed by atoms with Gasteiger partial charge in [-0.15, -0.1) is 0 Å². The van der Waals surface area contributed by atoms with Crippen LogP contribution >= 0.6 is 0 Å². The van der Waals surface area contributed by atoms with Crippen LogP contribution in [-0.4, -0.2) is 0 Å². The van der Waals surface area contributed by atoms with Gasteiger partial charge < -0.3 is 0 Å². The number of hydrogen-bond acceptors (Lipinski definition) is 2. The molecule has 0 saturated carbocycles. The van der Waals surface area contributed by atoms with Crippen molar-refractivity contribution in [2.24, 2.45) is 11.8 Å². The monoisotopic (exact) mass is 242 g/mol. The average Bonchev–Trinajstić information content (AvgIpc) is 2.44. The Bertz CT molecular complexity index is 502. The highest BCUT2D eigenvalue weighted by atomic mass is 15.2. The fourth-order valence-corrected chi connectivity index (χ4v) is 2.41. The van der Waals surface area contributed by atoms with Crippen LogP contribution in [0.25, 0.3) is 10.8 Å². The summed E-state index contributed by atoms with van der Waals surface area (Å²) in [5.41, 5.74) is 4.28. The summed E-state index contributed by atoms with van der Waals surface area (Å²) in [4.78, 5) is 0. The van der Waals surface area contributed by atoms with Crippen LogP contribution in [0.15, 0.2) is 42.5 Å². The van der Waals surface area contributed by atoms with E-state index in [1.807, 2.05) is 0 Å². The zero-order chi connectivity index (χ0) is 13.0. The van der Waals surface area contributed by atoms with E-state index in [2.05, 4.69) is 61.7 Å². The Morgan fingerprint density at radius 3 is 2.56 bits per heavy atom. The molecule has 0 saturated heterocycles. The van der Waals surface area contributed by atoms with Crippen molar-refractivity contribution in [3.8, 4) is 0 Å². The summed E-state index contributed by atoms with van der Waals surface area (Å²) in [5.74, 6) is 6.42. The summed E-state index contributed by atoms with van der Waals surface area (Å²) in [6.07, 6.45) is 2.25. The first-order valence-corrected chi connectivity index (χ1v) is 6.70. The second-order valence-electron chi connectivity index (χ2n) is 5.04. The second kappa shape index (κ2) is 5.98. The number of rotatable bonds is 5. The van der Waals surface area contributed by atoms with Gasteiger partial charge in [-0.25, -0.2) is 0 Å². The molecule has 0 radical (unpaired) electrons. The molecular formula is C16H22N2. The van der Waals surface area contributed by atoms with Gasteiger partial charge in [0.05, 0.1) is 0 Å². The van der Waals surface area contributed by atoms with Gasteiger partial charge in [-0.3, -0.25) is 11.3 Å². The van der Waals surface area contributed by atoms with Gasteiger partial charge in [0.15, 0.2) is 0 Å². The molecule has 2 aromatic carbocycles. The van der Waals surface area contributed by atoms with E-state index >= 15 is 0 Å². The molecule has 0 aliphatic heterocycles. The summed E-state index contributed by atoms with van der Waals surface area (Å²) >= 11 is 0. The van der Waals surface area contributed by atoms with E-state index in [1.165, 1.54) is 22.8 Å². The number of benzene rings is 2. The van der Waals surface area contributed by atoms with Gasteiger partial charge in [-0.2, -0.15) is 0 Å². The van der Waals surface area contributed by atoms with E-state index in [-0.39, 0.29) is 6.04 Å². The number of hydrogen-bond donors (Lipinski definition) is 2. The highest BCUT2D eigenvalue weighted by Crippen LogP contribution is 2.28. The van der Waals surface area contributed by atoms with Crippen molar-refractivity contribution in [1.82, 2.24) is 5.43 Å². The average molecular weight is 242 g/mol. The van der Waals surface area contributed by atoms with Crippen LogP contribution in [0.2, 0.25) is 0 Å². The maximum atomic E-state index is 5.75. The van der Waals surface area contributed by atoms with E-state index in [0.717, 1.165) is 6.42 Å². The summed E-state index contributed by atoms with van der Waals surface area (Å²) in [6, 6.07) is 15.1. The molecule has 0 heterocycles. The molecule has 2 nitrogen and oxygen atoms in total. The molecule has 96 valence electrons. The minimum Gasteiger partial charge on any atom is -0.271 e. The van der Waals surface area contributed by atoms with Crippen molar-refractivity contribution in [3.63, 3.8) is 0 Å². The van der Waals surface area contributed by atoms with Crippen LogP contribution in [-0.2, 0) is 0 Å². The highest BCUT2D eigenvalue weighted by Gasteiger charge is 2.15. The molecule has 0 aromatic heterocycles. The predicted molar refractivity (Wildman–Crippen MR) is 78.1 cm³/mol. The van der Waals surface area contributed by atoms with Gasteiger partial charge in [0.25, 0.3) is 0 Å². The van der Waals surface area contributed by atoms with Crippen LogP contribution in [0.3, 0.4) is 0 Å². The Labute approximate surface area is 109 Å². The van der Waals surface area contributed by atoms with Gasteiger partial charge in [0.2, 0.25) is 0 Å². The summed E-state index contributed by atoms with van der Waals surface area (Å²) in [6.45, 7) is 4.50. The third-order valence-electron chi connectivity index (χ3n) is 3.73. The molecule has 2 rings (SSSR count). The Morgan fingerprint density at radius 1 is 1.11 bits per heavy atom. The van der Waals surface area contributed by atoms with Crippen molar-refractivity contribution < 1.29 is 0 Å². The van der Waals surface area contributed by atoms with Crippen LogP contribution in [0, 0.1) is 5.92 Å². The quantitative estimate of drug-likeness (QED) is 0.618. The molecule has 2 atom stereocenters. The van der Waals surface area contributed by atoms with Gasteiger partial charge in [0.1, 0.15) is 0 Å². The Morgan fingerprint density at radius 2 is 1.83 bits per heavy atom. The lowest BCUT2D eigenvalue weighted by atomic mass is 9.91. The first-order valence-electron chi connectivity index (χ1n) is 6.70. The molecule has 0 bridgehead atoms. The third kappa shape index (κ3) is 2.71. The minimum atomic E-state index is 0.228. The molecule has 0 amide bonds. The van der Waals surface area contributed by atoms with Crippen molar-refractivity contribution in [3.05, 3.63) is 48.0 Å². The number of nitrogens with one attached hydrogen (secondary N) is 1. The first-order chi connectivity index (χ1) is 8.76. The molecule has 3 N–H and O–H groups in total. The van der Waals surface area contributed by atoms with Gasteiger partial charge in [-0.05, 0) is 28.7 Å². The minimum absolute atomic E-state index is 0.228. The van der Waals surface area contributed by atoms with Crippen LogP contribution in [0.1, 0.15) is 38.3 Å². The normalized spacial score (nSPS) is 14.6. The van der Waals surface area contributed by atoms with E-state index in [4.69, 9.17) is 5.84 Å². The SMILES string of the molecule is CCC(C)CC(NN)c1cccc2ccccc12. The molecular weight excluding hydrogens is 220 g/mol. The Kier molecular flexibility index (Phi) is 4.34. The number of hydrazine groups is 1. The van der Waals surface area contributed by atoms with Crippen LogP contribution < -0.4 is 11.3 Å². The van der Waals surface area contributed by atoms with E-state index in [1.54, 1.807) is 0 Å². The topological polar surface area (TPSA) is 38.0 Å². The highest BCUT2D eigenvalue weighted by molar-refractivity contribution is 5.86. The maximum Gasteiger partial charge on any atom is 0.0468 e. The third-order valence-corrected chi connectivity index (χ3v) is 3.73. The number of fused-ring (bicyclic) bond motifs is 1. The number of nitrogens with two attached hydrogens (primary N) is 1. The second-order valence-corrected chi connectivity index (χ2v) is 5.04. The van der Waals surface area contributed by atoms with E-state index in [0.29, 0.717) is 5.92 Å². The molecule has 2 heteroatoms. The predicted octanol–water partition coefficient (Wildman–Crippen LogP) is 3.78. The zero-order valence-electron chi connectivity index (χ0n) is 11.2. The largest absolute Gasteiger partial charge is 0.271 e. The fraction of sp³-hybridized carbons (Fsp3) is 0.375. The lowest BCUT2D eigenvalue weighted by molar-refractivity contribution is 0.409. The van der Waals surface area contributed by atoms with Crippen molar-refractivity contribution in [2.75, 3.05) is 0 Å². The van der Waals surface area contributed by atoms with Gasteiger partial charge in [0, 0.05) is 6.04 Å². The lowest BCUT2D eigenvalue weighted by Gasteiger charge is -2.21. The molecule has 0 spiro atoms. The van der Waals surface area contributed by atoms with E-state index < -0.39 is 0 Å². The summed E-state index contributed by atoms with van der Waals surface area (Å²) in [7, 11) is 0. The molecule has 2 aromatic rings. The van der Waals surface area contributed by atoms with Crippen molar-refractivity contribution in [2.45, 2.75) is 32.7 Å². The van der Waals surface area contributed by atoms with Gasteiger partial charge in [-0.1, -0.05) is 62.7 Å². The molecule has 18 heavy (non-hydrogen) atoms. The lowest BCUT2D eigenvalue weighted by Crippen LogP contribution is -2.29. The molecule has 0 aliphatic rings. The Balaban J connectivity index is 2.38. The Hall–Kier alpha value is -1.38. The first kappa shape index (κ1) is 13.1. The van der Waals surface area contributed by atoms with Crippen LogP contribution in [0.5, 0.6) is 0 Å². The van der Waals surface area contributed by atoms with E-state index in [9.17, 15) is 0 Å². The zero-order valence-corrected chi connectivity index (χ0v) is 11.2. The van der Waals surface area contributed by atoms with Crippen molar-refractivity contribution >= 4 is 10.8 Å². The molecule has 0 fully saturated rings. The molecule has 0 aliphatic carbocycles. The maximum absolute atomic E-state index is 5.75.